The molecule has 0 bridgehead atoms. The van der Waals surface area contributed by atoms with E-state index in [2.05, 4.69) is 24.4 Å². The molecule has 2 atom stereocenters. The molecule has 78 valence electrons. The molecule has 1 aromatic heterocycles. The van der Waals surface area contributed by atoms with Crippen molar-refractivity contribution in [1.82, 2.24) is 0 Å². The molecule has 2 heteroatoms. The first kappa shape index (κ1) is 10.2. The van der Waals surface area contributed by atoms with Crippen LogP contribution in [0.3, 0.4) is 0 Å². The van der Waals surface area contributed by atoms with Crippen LogP contribution in [0.4, 0.5) is 0 Å². The summed E-state index contributed by atoms with van der Waals surface area (Å²) < 4.78 is 0. The summed E-state index contributed by atoms with van der Waals surface area (Å²) in [5.74, 6) is 0.679. The van der Waals surface area contributed by atoms with Crippen LogP contribution in [0.25, 0.3) is 0 Å². The Balaban J connectivity index is 2.07. The van der Waals surface area contributed by atoms with Crippen LogP contribution in [0, 0.1) is 5.92 Å². The van der Waals surface area contributed by atoms with Gasteiger partial charge in [0.15, 0.2) is 0 Å². The van der Waals surface area contributed by atoms with Crippen LogP contribution in [0.5, 0.6) is 0 Å². The summed E-state index contributed by atoms with van der Waals surface area (Å²) in [6.07, 6.45) is 6.26. The van der Waals surface area contributed by atoms with E-state index >= 15 is 0 Å². The number of thiophene rings is 1. The average Bonchev–Trinajstić information content (AvgIpc) is 2.63. The van der Waals surface area contributed by atoms with Gasteiger partial charge in [0.2, 0.25) is 0 Å². The Labute approximate surface area is 90.3 Å². The SMILES string of the molecule is CC1CCCCC1(N)Cc1cccs1. The molecule has 0 saturated heterocycles. The summed E-state index contributed by atoms with van der Waals surface area (Å²) in [5, 5.41) is 2.15. The molecule has 1 aromatic rings. The number of hydrogen-bond donors (Lipinski definition) is 1. The summed E-state index contributed by atoms with van der Waals surface area (Å²) in [6.45, 7) is 2.31. The maximum Gasteiger partial charge on any atom is 0.0228 e. The van der Waals surface area contributed by atoms with Crippen molar-refractivity contribution in [1.29, 1.82) is 0 Å². The second kappa shape index (κ2) is 4.03. The zero-order valence-corrected chi connectivity index (χ0v) is 9.65. The third-order valence-electron chi connectivity index (χ3n) is 3.59. The highest BCUT2D eigenvalue weighted by Gasteiger charge is 2.34. The fourth-order valence-electron chi connectivity index (χ4n) is 2.44. The molecule has 14 heavy (non-hydrogen) atoms. The Morgan fingerprint density at radius 1 is 1.57 bits per heavy atom. The van der Waals surface area contributed by atoms with E-state index in [0.717, 1.165) is 6.42 Å². The van der Waals surface area contributed by atoms with Crippen LogP contribution < -0.4 is 5.73 Å². The second-order valence-electron chi connectivity index (χ2n) is 4.64. The smallest absolute Gasteiger partial charge is 0.0228 e. The zero-order chi connectivity index (χ0) is 10.0. The van der Waals surface area contributed by atoms with Crippen LogP contribution in [0.15, 0.2) is 17.5 Å². The monoisotopic (exact) mass is 209 g/mol. The fourth-order valence-corrected chi connectivity index (χ4v) is 3.28. The van der Waals surface area contributed by atoms with Gasteiger partial charge in [0, 0.05) is 10.4 Å². The standard InChI is InChI=1S/C12H19NS/c1-10-5-2-3-7-12(10,13)9-11-6-4-8-14-11/h4,6,8,10H,2-3,5,7,9,13H2,1H3. The number of rotatable bonds is 2. The van der Waals surface area contributed by atoms with E-state index in [1.165, 1.54) is 30.6 Å². The molecule has 0 spiro atoms. The molecular weight excluding hydrogens is 190 g/mol. The molecule has 0 aliphatic heterocycles. The molecule has 1 nitrogen and oxygen atoms in total. The second-order valence-corrected chi connectivity index (χ2v) is 5.67. The maximum absolute atomic E-state index is 6.50. The largest absolute Gasteiger partial charge is 0.325 e. The van der Waals surface area contributed by atoms with Gasteiger partial charge in [-0.15, -0.1) is 11.3 Å². The fraction of sp³-hybridized carbons (Fsp3) is 0.667. The van der Waals surface area contributed by atoms with Gasteiger partial charge >= 0.3 is 0 Å². The highest BCUT2D eigenvalue weighted by atomic mass is 32.1. The highest BCUT2D eigenvalue weighted by Crippen LogP contribution is 2.34. The molecule has 1 aliphatic carbocycles. The normalized spacial score (nSPS) is 33.1. The molecule has 2 unspecified atom stereocenters. The Bertz CT molecular complexity index is 281. The van der Waals surface area contributed by atoms with E-state index in [4.69, 9.17) is 5.73 Å². The predicted molar refractivity (Wildman–Crippen MR) is 62.6 cm³/mol. The third kappa shape index (κ3) is 2.01. The summed E-state index contributed by atoms with van der Waals surface area (Å²) in [7, 11) is 0. The molecule has 1 fully saturated rings. The van der Waals surface area contributed by atoms with E-state index in [1.54, 1.807) is 0 Å². The Morgan fingerprint density at radius 3 is 3.07 bits per heavy atom. The number of nitrogens with two attached hydrogens (primary N) is 1. The third-order valence-corrected chi connectivity index (χ3v) is 4.47. The van der Waals surface area contributed by atoms with E-state index in [1.807, 2.05) is 11.3 Å². The van der Waals surface area contributed by atoms with Crippen molar-refractivity contribution < 1.29 is 0 Å². The molecule has 1 saturated carbocycles. The molecule has 0 radical (unpaired) electrons. The van der Waals surface area contributed by atoms with E-state index < -0.39 is 0 Å². The van der Waals surface area contributed by atoms with Crippen LogP contribution in [0.1, 0.15) is 37.5 Å². The first-order valence-corrected chi connectivity index (χ1v) is 6.40. The first-order chi connectivity index (χ1) is 6.71. The van der Waals surface area contributed by atoms with Gasteiger partial charge in [-0.2, -0.15) is 0 Å². The minimum absolute atomic E-state index is 0.0725. The Hall–Kier alpha value is -0.340. The van der Waals surface area contributed by atoms with Gasteiger partial charge < -0.3 is 5.73 Å². The molecular formula is C12H19NS. The van der Waals surface area contributed by atoms with Crippen molar-refractivity contribution in [2.45, 2.75) is 44.6 Å². The highest BCUT2D eigenvalue weighted by molar-refractivity contribution is 7.09. The van der Waals surface area contributed by atoms with E-state index in [0.29, 0.717) is 5.92 Å². The van der Waals surface area contributed by atoms with Crippen LogP contribution >= 0.6 is 11.3 Å². The van der Waals surface area contributed by atoms with Crippen molar-refractivity contribution >= 4 is 11.3 Å². The quantitative estimate of drug-likeness (QED) is 0.795. The lowest BCUT2D eigenvalue weighted by Gasteiger charge is -2.39. The lowest BCUT2D eigenvalue weighted by atomic mass is 9.72. The molecule has 2 N–H and O–H groups in total. The summed E-state index contributed by atoms with van der Waals surface area (Å²) in [5.41, 5.74) is 6.57. The molecule has 1 heterocycles. The van der Waals surface area contributed by atoms with Gasteiger partial charge in [-0.3, -0.25) is 0 Å². The van der Waals surface area contributed by atoms with Crippen molar-refractivity contribution in [2.75, 3.05) is 0 Å². The van der Waals surface area contributed by atoms with Crippen molar-refractivity contribution in [3.63, 3.8) is 0 Å². The minimum atomic E-state index is 0.0725. The molecule has 0 aromatic carbocycles. The lowest BCUT2D eigenvalue weighted by Crippen LogP contribution is -2.49. The summed E-state index contributed by atoms with van der Waals surface area (Å²) in [4.78, 5) is 1.45. The maximum atomic E-state index is 6.50. The average molecular weight is 209 g/mol. The first-order valence-electron chi connectivity index (χ1n) is 5.52. The van der Waals surface area contributed by atoms with Gasteiger partial charge in [0.25, 0.3) is 0 Å². The van der Waals surface area contributed by atoms with Gasteiger partial charge in [-0.1, -0.05) is 25.8 Å². The summed E-state index contributed by atoms with van der Waals surface area (Å²) >= 11 is 1.84. The van der Waals surface area contributed by atoms with Gasteiger partial charge in [-0.25, -0.2) is 0 Å². The van der Waals surface area contributed by atoms with Crippen LogP contribution in [-0.2, 0) is 6.42 Å². The lowest BCUT2D eigenvalue weighted by molar-refractivity contribution is 0.205. The zero-order valence-electron chi connectivity index (χ0n) is 8.83. The summed E-state index contributed by atoms with van der Waals surface area (Å²) in [6, 6.07) is 4.33. The van der Waals surface area contributed by atoms with Gasteiger partial charge in [0.1, 0.15) is 0 Å². The van der Waals surface area contributed by atoms with Crippen LogP contribution in [0.2, 0.25) is 0 Å². The Morgan fingerprint density at radius 2 is 2.43 bits per heavy atom. The molecule has 2 rings (SSSR count). The van der Waals surface area contributed by atoms with Gasteiger partial charge in [-0.05, 0) is 36.6 Å². The Kier molecular flexibility index (Phi) is 2.93. The predicted octanol–water partition coefficient (Wildman–Crippen LogP) is 3.20. The molecule has 0 amide bonds. The van der Waals surface area contributed by atoms with Crippen molar-refractivity contribution in [3.8, 4) is 0 Å². The molecule has 1 aliphatic rings. The van der Waals surface area contributed by atoms with Crippen molar-refractivity contribution in [3.05, 3.63) is 22.4 Å². The van der Waals surface area contributed by atoms with Gasteiger partial charge in [0.05, 0.1) is 0 Å². The minimum Gasteiger partial charge on any atom is -0.325 e. The van der Waals surface area contributed by atoms with E-state index in [9.17, 15) is 0 Å². The topological polar surface area (TPSA) is 26.0 Å². The van der Waals surface area contributed by atoms with Crippen LogP contribution in [-0.4, -0.2) is 5.54 Å². The number of hydrogen-bond acceptors (Lipinski definition) is 2. The van der Waals surface area contributed by atoms with Crippen molar-refractivity contribution in [2.24, 2.45) is 11.7 Å². The van der Waals surface area contributed by atoms with E-state index in [-0.39, 0.29) is 5.54 Å².